The Morgan fingerprint density at radius 2 is 1.72 bits per heavy atom. The van der Waals surface area contributed by atoms with Gasteiger partial charge in [-0.15, -0.1) is 0 Å². The first-order valence-electron chi connectivity index (χ1n) is 5.80. The molecule has 2 rings (SSSR count). The Balaban J connectivity index is 2.25. The zero-order valence-electron chi connectivity index (χ0n) is 10.2. The number of rotatable bonds is 4. The number of esters is 1. The van der Waals surface area contributed by atoms with Crippen molar-refractivity contribution in [2.45, 2.75) is 12.8 Å². The van der Waals surface area contributed by atoms with Crippen LogP contribution in [0.25, 0.3) is 10.8 Å². The molecule has 0 aliphatic carbocycles. The first kappa shape index (κ1) is 12.3. The van der Waals surface area contributed by atoms with Gasteiger partial charge in [-0.05, 0) is 10.8 Å². The van der Waals surface area contributed by atoms with Gasteiger partial charge >= 0.3 is 5.97 Å². The van der Waals surface area contributed by atoms with Gasteiger partial charge in [0.2, 0.25) is 0 Å². The highest BCUT2D eigenvalue weighted by atomic mass is 16.5. The highest BCUT2D eigenvalue weighted by molar-refractivity contribution is 6.08. The van der Waals surface area contributed by atoms with Gasteiger partial charge in [-0.25, -0.2) is 0 Å². The van der Waals surface area contributed by atoms with Crippen LogP contribution in [0.4, 0.5) is 0 Å². The lowest BCUT2D eigenvalue weighted by Crippen LogP contribution is -2.06. The van der Waals surface area contributed by atoms with Crippen molar-refractivity contribution in [1.82, 2.24) is 0 Å². The monoisotopic (exact) mass is 242 g/mol. The summed E-state index contributed by atoms with van der Waals surface area (Å²) >= 11 is 0. The van der Waals surface area contributed by atoms with Gasteiger partial charge in [-0.3, -0.25) is 9.59 Å². The molecule has 0 aliphatic heterocycles. The average Bonchev–Trinajstić information content (AvgIpc) is 2.43. The Bertz CT molecular complexity index is 582. The summed E-state index contributed by atoms with van der Waals surface area (Å²) in [4.78, 5) is 23.1. The van der Waals surface area contributed by atoms with Crippen molar-refractivity contribution in [3.8, 4) is 0 Å². The quantitative estimate of drug-likeness (QED) is 0.611. The van der Waals surface area contributed by atoms with Gasteiger partial charge in [-0.1, -0.05) is 42.5 Å². The molecular weight excluding hydrogens is 228 g/mol. The normalized spacial score (nSPS) is 10.3. The molecule has 0 saturated heterocycles. The van der Waals surface area contributed by atoms with E-state index >= 15 is 0 Å². The molecule has 3 nitrogen and oxygen atoms in total. The minimum absolute atomic E-state index is 0.0304. The predicted octanol–water partition coefficient (Wildman–Crippen LogP) is 2.98. The van der Waals surface area contributed by atoms with E-state index in [9.17, 15) is 9.59 Å². The number of ketones is 1. The molecule has 0 radical (unpaired) electrons. The summed E-state index contributed by atoms with van der Waals surface area (Å²) in [6.07, 6.45) is 0.305. The molecule has 92 valence electrons. The molecule has 0 aliphatic rings. The van der Waals surface area contributed by atoms with E-state index in [1.165, 1.54) is 7.11 Å². The van der Waals surface area contributed by atoms with Gasteiger partial charge in [-0.2, -0.15) is 0 Å². The molecule has 2 aromatic rings. The highest BCUT2D eigenvalue weighted by Crippen LogP contribution is 2.20. The summed E-state index contributed by atoms with van der Waals surface area (Å²) in [5.41, 5.74) is 0.664. The molecule has 0 atom stereocenters. The number of hydrogen-bond donors (Lipinski definition) is 0. The van der Waals surface area contributed by atoms with Gasteiger partial charge in [0, 0.05) is 12.0 Å². The summed E-state index contributed by atoms with van der Waals surface area (Å²) < 4.78 is 4.53. The van der Waals surface area contributed by atoms with Crippen molar-refractivity contribution in [1.29, 1.82) is 0 Å². The number of hydrogen-bond acceptors (Lipinski definition) is 3. The lowest BCUT2D eigenvalue weighted by atomic mass is 9.99. The SMILES string of the molecule is COC(=O)CCC(=O)c1cccc2ccccc12. The maximum atomic E-state index is 12.1. The van der Waals surface area contributed by atoms with Crippen molar-refractivity contribution in [2.75, 3.05) is 7.11 Å². The zero-order chi connectivity index (χ0) is 13.0. The van der Waals surface area contributed by atoms with E-state index in [0.717, 1.165) is 10.8 Å². The summed E-state index contributed by atoms with van der Waals surface area (Å²) in [6, 6.07) is 13.3. The number of fused-ring (bicyclic) bond motifs is 1. The van der Waals surface area contributed by atoms with Crippen LogP contribution in [0.15, 0.2) is 42.5 Å². The van der Waals surface area contributed by atoms with E-state index in [-0.39, 0.29) is 24.6 Å². The first-order chi connectivity index (χ1) is 8.72. The van der Waals surface area contributed by atoms with Crippen molar-refractivity contribution in [2.24, 2.45) is 0 Å². The number of Topliss-reactive ketones (excluding diaryl/α,β-unsaturated/α-hetero) is 1. The van der Waals surface area contributed by atoms with Gasteiger partial charge in [0.1, 0.15) is 0 Å². The van der Waals surface area contributed by atoms with Crippen LogP contribution in [0.5, 0.6) is 0 Å². The van der Waals surface area contributed by atoms with E-state index < -0.39 is 0 Å². The Hall–Kier alpha value is -2.16. The fraction of sp³-hybridized carbons (Fsp3) is 0.200. The van der Waals surface area contributed by atoms with E-state index in [2.05, 4.69) is 4.74 Å². The molecule has 0 fully saturated rings. The second kappa shape index (κ2) is 5.45. The molecular formula is C15H14O3. The van der Waals surface area contributed by atoms with Gasteiger partial charge in [0.25, 0.3) is 0 Å². The van der Waals surface area contributed by atoms with Crippen LogP contribution in [-0.4, -0.2) is 18.9 Å². The average molecular weight is 242 g/mol. The molecule has 0 N–H and O–H groups in total. The second-order valence-corrected chi connectivity index (χ2v) is 4.03. The van der Waals surface area contributed by atoms with Crippen LogP contribution in [0.3, 0.4) is 0 Å². The van der Waals surface area contributed by atoms with Crippen LogP contribution in [0.2, 0.25) is 0 Å². The number of ether oxygens (including phenoxy) is 1. The molecule has 0 amide bonds. The fourth-order valence-electron chi connectivity index (χ4n) is 1.92. The summed E-state index contributed by atoms with van der Waals surface area (Å²) in [5, 5.41) is 1.95. The first-order valence-corrected chi connectivity index (χ1v) is 5.80. The second-order valence-electron chi connectivity index (χ2n) is 4.03. The maximum absolute atomic E-state index is 12.1. The summed E-state index contributed by atoms with van der Waals surface area (Å²) in [7, 11) is 1.32. The van der Waals surface area contributed by atoms with Crippen molar-refractivity contribution >= 4 is 22.5 Å². The third-order valence-corrected chi connectivity index (χ3v) is 2.87. The van der Waals surface area contributed by atoms with Crippen LogP contribution in [0.1, 0.15) is 23.2 Å². The molecule has 0 unspecified atom stereocenters. The Morgan fingerprint density at radius 3 is 2.50 bits per heavy atom. The van der Waals surface area contributed by atoms with Gasteiger partial charge in [0.15, 0.2) is 5.78 Å². The summed E-state index contributed by atoms with van der Waals surface area (Å²) in [5.74, 6) is -0.388. The van der Waals surface area contributed by atoms with Crippen LogP contribution in [0, 0.1) is 0 Å². The molecule has 3 heteroatoms. The molecule has 18 heavy (non-hydrogen) atoms. The number of methoxy groups -OCH3 is 1. The molecule has 2 aromatic carbocycles. The van der Waals surface area contributed by atoms with Crippen LogP contribution < -0.4 is 0 Å². The summed E-state index contributed by atoms with van der Waals surface area (Å²) in [6.45, 7) is 0. The Labute approximate surface area is 105 Å². The minimum Gasteiger partial charge on any atom is -0.469 e. The van der Waals surface area contributed by atoms with Crippen LogP contribution >= 0.6 is 0 Å². The molecule has 0 spiro atoms. The third kappa shape index (κ3) is 2.56. The lowest BCUT2D eigenvalue weighted by molar-refractivity contribution is -0.140. The number of carbonyl (C=O) groups excluding carboxylic acids is 2. The molecule has 0 aromatic heterocycles. The van der Waals surface area contributed by atoms with E-state index in [0.29, 0.717) is 5.56 Å². The van der Waals surface area contributed by atoms with Gasteiger partial charge < -0.3 is 4.74 Å². The Morgan fingerprint density at radius 1 is 1.00 bits per heavy atom. The molecule has 0 heterocycles. The van der Waals surface area contributed by atoms with Crippen LogP contribution in [-0.2, 0) is 9.53 Å². The predicted molar refractivity (Wildman–Crippen MR) is 69.5 cm³/mol. The molecule has 0 bridgehead atoms. The largest absolute Gasteiger partial charge is 0.469 e. The lowest BCUT2D eigenvalue weighted by Gasteiger charge is -2.05. The van der Waals surface area contributed by atoms with E-state index in [4.69, 9.17) is 0 Å². The third-order valence-electron chi connectivity index (χ3n) is 2.87. The zero-order valence-corrected chi connectivity index (χ0v) is 10.2. The fourth-order valence-corrected chi connectivity index (χ4v) is 1.92. The van der Waals surface area contributed by atoms with Crippen molar-refractivity contribution in [3.05, 3.63) is 48.0 Å². The topological polar surface area (TPSA) is 43.4 Å². The van der Waals surface area contributed by atoms with Crippen molar-refractivity contribution in [3.63, 3.8) is 0 Å². The van der Waals surface area contributed by atoms with E-state index in [1.807, 2.05) is 36.4 Å². The molecule has 0 saturated carbocycles. The minimum atomic E-state index is -0.358. The van der Waals surface area contributed by atoms with E-state index in [1.54, 1.807) is 6.07 Å². The number of benzene rings is 2. The highest BCUT2D eigenvalue weighted by Gasteiger charge is 2.11. The smallest absolute Gasteiger partial charge is 0.305 e. The maximum Gasteiger partial charge on any atom is 0.305 e. The van der Waals surface area contributed by atoms with Crippen molar-refractivity contribution < 1.29 is 14.3 Å². The number of carbonyl (C=O) groups is 2. The standard InChI is InChI=1S/C15H14O3/c1-18-15(17)10-9-14(16)13-8-4-6-11-5-2-3-7-12(11)13/h2-8H,9-10H2,1H3. The Kier molecular flexibility index (Phi) is 3.72. The van der Waals surface area contributed by atoms with Gasteiger partial charge in [0.05, 0.1) is 13.5 Å².